The SMILES string of the molecule is CC(C)Oc1cc(NCC2CCC(=O)N2)ncn1. The van der Waals surface area contributed by atoms with E-state index in [0.717, 1.165) is 6.42 Å². The maximum atomic E-state index is 11.1. The Morgan fingerprint density at radius 3 is 3.06 bits per heavy atom. The third-order valence-electron chi connectivity index (χ3n) is 2.61. The molecule has 1 amide bonds. The molecule has 6 heteroatoms. The van der Waals surface area contributed by atoms with Gasteiger partial charge in [0.2, 0.25) is 11.8 Å². The Hall–Kier alpha value is -1.85. The largest absolute Gasteiger partial charge is 0.475 e. The van der Waals surface area contributed by atoms with Crippen molar-refractivity contribution in [1.82, 2.24) is 15.3 Å². The molecule has 6 nitrogen and oxygen atoms in total. The molecule has 2 rings (SSSR count). The van der Waals surface area contributed by atoms with Crippen molar-refractivity contribution in [1.29, 1.82) is 0 Å². The van der Waals surface area contributed by atoms with Crippen LogP contribution in [0.4, 0.5) is 5.82 Å². The summed E-state index contributed by atoms with van der Waals surface area (Å²) in [4.78, 5) is 19.2. The number of carbonyl (C=O) groups excluding carboxylic acids is 1. The first-order valence-corrected chi connectivity index (χ1v) is 6.15. The lowest BCUT2D eigenvalue weighted by molar-refractivity contribution is -0.119. The van der Waals surface area contributed by atoms with Crippen molar-refractivity contribution in [3.63, 3.8) is 0 Å². The Labute approximate surface area is 106 Å². The molecular weight excluding hydrogens is 232 g/mol. The molecule has 98 valence electrons. The molecule has 1 aliphatic heterocycles. The molecule has 0 aliphatic carbocycles. The topological polar surface area (TPSA) is 76.1 Å². The van der Waals surface area contributed by atoms with Crippen molar-refractivity contribution in [2.24, 2.45) is 0 Å². The molecule has 1 aliphatic rings. The molecule has 1 aromatic heterocycles. The summed E-state index contributed by atoms with van der Waals surface area (Å²) in [6.45, 7) is 4.57. The van der Waals surface area contributed by atoms with Gasteiger partial charge in [0, 0.05) is 25.1 Å². The Morgan fingerprint density at radius 1 is 1.56 bits per heavy atom. The molecule has 0 saturated carbocycles. The van der Waals surface area contributed by atoms with Crippen LogP contribution in [0.2, 0.25) is 0 Å². The quantitative estimate of drug-likeness (QED) is 0.814. The number of hydrogen-bond donors (Lipinski definition) is 2. The van der Waals surface area contributed by atoms with Crippen LogP contribution in [0.1, 0.15) is 26.7 Å². The van der Waals surface area contributed by atoms with Crippen LogP contribution in [0, 0.1) is 0 Å². The molecule has 18 heavy (non-hydrogen) atoms. The van der Waals surface area contributed by atoms with Gasteiger partial charge >= 0.3 is 0 Å². The van der Waals surface area contributed by atoms with E-state index in [2.05, 4.69) is 20.6 Å². The number of ether oxygens (including phenoxy) is 1. The normalized spacial score (nSPS) is 18.8. The lowest BCUT2D eigenvalue weighted by Gasteiger charge is -2.13. The lowest BCUT2D eigenvalue weighted by atomic mass is 10.2. The minimum Gasteiger partial charge on any atom is -0.475 e. The zero-order chi connectivity index (χ0) is 13.0. The molecule has 1 saturated heterocycles. The number of hydrogen-bond acceptors (Lipinski definition) is 5. The first-order valence-electron chi connectivity index (χ1n) is 6.15. The standard InChI is InChI=1S/C12H18N4O2/c1-8(2)18-12-5-10(14-7-15-12)13-6-9-3-4-11(17)16-9/h5,7-9H,3-4,6H2,1-2H3,(H,16,17)(H,13,14,15). The molecule has 1 aromatic rings. The van der Waals surface area contributed by atoms with Crippen molar-refractivity contribution in [3.8, 4) is 5.88 Å². The van der Waals surface area contributed by atoms with Gasteiger partial charge in [0.1, 0.15) is 12.1 Å². The second-order valence-electron chi connectivity index (χ2n) is 4.59. The Bertz CT molecular complexity index is 422. The average molecular weight is 250 g/mol. The van der Waals surface area contributed by atoms with Gasteiger partial charge < -0.3 is 15.4 Å². The summed E-state index contributed by atoms with van der Waals surface area (Å²) >= 11 is 0. The fraction of sp³-hybridized carbons (Fsp3) is 0.583. The van der Waals surface area contributed by atoms with Crippen LogP contribution in [0.25, 0.3) is 0 Å². The molecule has 0 spiro atoms. The van der Waals surface area contributed by atoms with E-state index in [0.29, 0.717) is 24.7 Å². The smallest absolute Gasteiger partial charge is 0.220 e. The second kappa shape index (κ2) is 5.66. The average Bonchev–Trinajstić information content (AvgIpc) is 2.72. The van der Waals surface area contributed by atoms with Gasteiger partial charge in [0.25, 0.3) is 0 Å². The third kappa shape index (κ3) is 3.58. The lowest BCUT2D eigenvalue weighted by Crippen LogP contribution is -2.32. The van der Waals surface area contributed by atoms with Crippen LogP contribution in [0.5, 0.6) is 5.88 Å². The predicted octanol–water partition coefficient (Wildman–Crippen LogP) is 0.954. The Morgan fingerprint density at radius 2 is 2.39 bits per heavy atom. The maximum Gasteiger partial charge on any atom is 0.220 e. The fourth-order valence-electron chi connectivity index (χ4n) is 1.80. The summed E-state index contributed by atoms with van der Waals surface area (Å²) in [7, 11) is 0. The van der Waals surface area contributed by atoms with E-state index >= 15 is 0 Å². The molecular formula is C12H18N4O2. The van der Waals surface area contributed by atoms with E-state index < -0.39 is 0 Å². The number of amides is 1. The second-order valence-corrected chi connectivity index (χ2v) is 4.59. The molecule has 1 unspecified atom stereocenters. The third-order valence-corrected chi connectivity index (χ3v) is 2.61. The number of aromatic nitrogens is 2. The van der Waals surface area contributed by atoms with E-state index in [1.807, 2.05) is 13.8 Å². The fourth-order valence-corrected chi connectivity index (χ4v) is 1.80. The van der Waals surface area contributed by atoms with Gasteiger partial charge in [-0.2, -0.15) is 0 Å². The molecule has 1 atom stereocenters. The van der Waals surface area contributed by atoms with Gasteiger partial charge in [-0.3, -0.25) is 4.79 Å². The van der Waals surface area contributed by atoms with Crippen molar-refractivity contribution in [2.45, 2.75) is 38.8 Å². The van der Waals surface area contributed by atoms with Crippen LogP contribution in [0.15, 0.2) is 12.4 Å². The maximum absolute atomic E-state index is 11.1. The van der Waals surface area contributed by atoms with Crippen LogP contribution in [0.3, 0.4) is 0 Å². The van der Waals surface area contributed by atoms with Gasteiger partial charge in [-0.25, -0.2) is 9.97 Å². The summed E-state index contributed by atoms with van der Waals surface area (Å²) in [6.07, 6.45) is 3.03. The number of carbonyl (C=O) groups is 1. The highest BCUT2D eigenvalue weighted by atomic mass is 16.5. The molecule has 0 radical (unpaired) electrons. The van der Waals surface area contributed by atoms with Gasteiger partial charge in [0.05, 0.1) is 6.10 Å². The van der Waals surface area contributed by atoms with Crippen molar-refractivity contribution in [3.05, 3.63) is 12.4 Å². The predicted molar refractivity (Wildman–Crippen MR) is 67.5 cm³/mol. The van der Waals surface area contributed by atoms with E-state index in [9.17, 15) is 4.79 Å². The van der Waals surface area contributed by atoms with Gasteiger partial charge in [-0.05, 0) is 20.3 Å². The molecule has 0 bridgehead atoms. The highest BCUT2D eigenvalue weighted by Gasteiger charge is 2.20. The number of anilines is 1. The van der Waals surface area contributed by atoms with Crippen LogP contribution < -0.4 is 15.4 Å². The van der Waals surface area contributed by atoms with Crippen molar-refractivity contribution < 1.29 is 9.53 Å². The highest BCUT2D eigenvalue weighted by molar-refractivity contribution is 5.78. The van der Waals surface area contributed by atoms with E-state index in [4.69, 9.17) is 4.74 Å². The van der Waals surface area contributed by atoms with Crippen molar-refractivity contribution in [2.75, 3.05) is 11.9 Å². The number of nitrogens with one attached hydrogen (secondary N) is 2. The molecule has 1 fully saturated rings. The van der Waals surface area contributed by atoms with Crippen LogP contribution >= 0.6 is 0 Å². The van der Waals surface area contributed by atoms with Gasteiger partial charge in [-0.1, -0.05) is 0 Å². The van der Waals surface area contributed by atoms with Crippen LogP contribution in [-0.2, 0) is 4.79 Å². The zero-order valence-electron chi connectivity index (χ0n) is 10.6. The Kier molecular flexibility index (Phi) is 3.96. The monoisotopic (exact) mass is 250 g/mol. The van der Waals surface area contributed by atoms with Gasteiger partial charge in [-0.15, -0.1) is 0 Å². The van der Waals surface area contributed by atoms with Gasteiger partial charge in [0.15, 0.2) is 0 Å². The molecule has 0 aromatic carbocycles. The number of rotatable bonds is 5. The summed E-state index contributed by atoms with van der Waals surface area (Å²) < 4.78 is 5.48. The zero-order valence-corrected chi connectivity index (χ0v) is 10.6. The minimum absolute atomic E-state index is 0.0851. The van der Waals surface area contributed by atoms with E-state index in [1.165, 1.54) is 6.33 Å². The number of nitrogens with zero attached hydrogens (tertiary/aromatic N) is 2. The van der Waals surface area contributed by atoms with Crippen LogP contribution in [-0.4, -0.2) is 34.6 Å². The highest BCUT2D eigenvalue weighted by Crippen LogP contribution is 2.13. The van der Waals surface area contributed by atoms with E-state index in [-0.39, 0.29) is 18.1 Å². The Balaban J connectivity index is 1.87. The first-order chi connectivity index (χ1) is 8.63. The summed E-state index contributed by atoms with van der Waals surface area (Å²) in [5.74, 6) is 1.38. The first kappa shape index (κ1) is 12.6. The minimum atomic E-state index is 0.0851. The molecule has 2 N–H and O–H groups in total. The van der Waals surface area contributed by atoms with E-state index in [1.54, 1.807) is 6.07 Å². The molecule has 2 heterocycles. The summed E-state index contributed by atoms with van der Waals surface area (Å²) in [6, 6.07) is 1.94. The summed E-state index contributed by atoms with van der Waals surface area (Å²) in [5.41, 5.74) is 0. The summed E-state index contributed by atoms with van der Waals surface area (Å²) in [5, 5.41) is 6.07. The van der Waals surface area contributed by atoms with Crippen molar-refractivity contribution >= 4 is 11.7 Å².